The van der Waals surface area contributed by atoms with Gasteiger partial charge in [0.15, 0.2) is 0 Å². The maximum atomic E-state index is 9.59. The zero-order chi connectivity index (χ0) is 4.99. The van der Waals surface area contributed by atoms with Gasteiger partial charge in [-0.05, 0) is 0 Å². The van der Waals surface area contributed by atoms with Crippen molar-refractivity contribution in [3.05, 3.63) is 0 Å². The summed E-state index contributed by atoms with van der Waals surface area (Å²) in [6.07, 6.45) is 0.833. The molecule has 0 atom stereocenters. The van der Waals surface area contributed by atoms with Gasteiger partial charge in [-0.25, -0.2) is 0 Å². The summed E-state index contributed by atoms with van der Waals surface area (Å²) < 4.78 is 0. The number of hydrazone groups is 1. The van der Waals surface area contributed by atoms with Crippen molar-refractivity contribution in [2.75, 3.05) is 0 Å². The van der Waals surface area contributed by atoms with Crippen LogP contribution in [0.1, 0.15) is 0 Å². The van der Waals surface area contributed by atoms with Gasteiger partial charge >= 0.3 is 0 Å². The van der Waals surface area contributed by atoms with Crippen molar-refractivity contribution in [3.63, 3.8) is 0 Å². The number of primary amides is 1. The molecule has 34 valence electrons. The maximum absolute atomic E-state index is 9.59. The Balaban J connectivity index is 3.30. The Morgan fingerprint density at radius 3 is 2.33 bits per heavy atom. The van der Waals surface area contributed by atoms with Crippen molar-refractivity contribution in [3.8, 4) is 0 Å². The van der Waals surface area contributed by atoms with Crippen molar-refractivity contribution in [1.82, 2.24) is 0 Å². The highest BCUT2D eigenvalue weighted by atomic mass is 16.1. The number of hydrogen-bond acceptors (Lipinski definition) is 3. The van der Waals surface area contributed by atoms with Crippen LogP contribution in [0.15, 0.2) is 5.10 Å². The Bertz CT molecular complexity index is 76.9. The van der Waals surface area contributed by atoms with E-state index in [0.717, 1.165) is 6.21 Å². The van der Waals surface area contributed by atoms with E-state index in [9.17, 15) is 4.79 Å². The zero-order valence-corrected chi connectivity index (χ0v) is 3.09. The Labute approximate surface area is 34.8 Å². The second-order valence-electron chi connectivity index (χ2n) is 0.681. The predicted molar refractivity (Wildman–Crippen MR) is 21.9 cm³/mol. The minimum Gasteiger partial charge on any atom is -0.365 e. The molecule has 0 aliphatic rings. The number of nitrogens with two attached hydrogens (primary N) is 2. The molecular weight excluding hydrogens is 82.0 g/mol. The van der Waals surface area contributed by atoms with Crippen molar-refractivity contribution in [1.29, 1.82) is 0 Å². The van der Waals surface area contributed by atoms with Gasteiger partial charge in [-0.2, -0.15) is 5.10 Å². The molecule has 0 rings (SSSR count). The Morgan fingerprint density at radius 2 is 2.33 bits per heavy atom. The lowest BCUT2D eigenvalue weighted by Crippen LogP contribution is -2.12. The van der Waals surface area contributed by atoms with E-state index in [4.69, 9.17) is 0 Å². The molecule has 4 N–H and O–H groups in total. The van der Waals surface area contributed by atoms with Crippen LogP contribution in [0.25, 0.3) is 0 Å². The highest BCUT2D eigenvalue weighted by Gasteiger charge is 1.75. The number of carbonyl (C=O) groups excluding carboxylic acids is 1. The molecule has 0 aromatic carbocycles. The Kier molecular flexibility index (Phi) is 1.81. The highest BCUT2D eigenvalue weighted by molar-refractivity contribution is 6.25. The van der Waals surface area contributed by atoms with E-state index in [2.05, 4.69) is 16.7 Å². The molecule has 0 aliphatic carbocycles. The number of rotatable bonds is 1. The van der Waals surface area contributed by atoms with Crippen LogP contribution in [0, 0.1) is 0 Å². The fraction of sp³-hybridized carbons (Fsp3) is 0. The van der Waals surface area contributed by atoms with Gasteiger partial charge in [-0.3, -0.25) is 4.79 Å². The van der Waals surface area contributed by atoms with Crippen molar-refractivity contribution >= 4 is 12.1 Å². The summed E-state index contributed by atoms with van der Waals surface area (Å²) >= 11 is 0. The summed E-state index contributed by atoms with van der Waals surface area (Å²) in [4.78, 5) is 9.59. The molecule has 0 radical (unpaired) electrons. The van der Waals surface area contributed by atoms with Crippen LogP contribution < -0.4 is 11.6 Å². The molecule has 4 nitrogen and oxygen atoms in total. The van der Waals surface area contributed by atoms with Gasteiger partial charge in [0.2, 0.25) is 0 Å². The van der Waals surface area contributed by atoms with Crippen molar-refractivity contribution in [2.24, 2.45) is 16.7 Å². The summed E-state index contributed by atoms with van der Waals surface area (Å²) in [6, 6.07) is 0. The molecule has 0 bridgehead atoms. The monoisotopic (exact) mass is 87.0 g/mol. The van der Waals surface area contributed by atoms with Crippen LogP contribution in [0.4, 0.5) is 0 Å². The van der Waals surface area contributed by atoms with Crippen LogP contribution >= 0.6 is 0 Å². The first kappa shape index (κ1) is 4.94. The van der Waals surface area contributed by atoms with E-state index < -0.39 is 5.91 Å². The lowest BCUT2D eigenvalue weighted by molar-refractivity contribution is -0.111. The highest BCUT2D eigenvalue weighted by Crippen LogP contribution is 1.40. The van der Waals surface area contributed by atoms with Crippen LogP contribution in [0.5, 0.6) is 0 Å². The van der Waals surface area contributed by atoms with E-state index >= 15 is 0 Å². The number of nitrogens with zero attached hydrogens (tertiary/aromatic N) is 1. The van der Waals surface area contributed by atoms with E-state index in [-0.39, 0.29) is 0 Å². The fourth-order valence-corrected chi connectivity index (χ4v) is 0.0735. The van der Waals surface area contributed by atoms with Crippen LogP contribution in [0.3, 0.4) is 0 Å². The van der Waals surface area contributed by atoms with Gasteiger partial charge in [0.05, 0.1) is 0 Å². The van der Waals surface area contributed by atoms with E-state index in [1.54, 1.807) is 0 Å². The van der Waals surface area contributed by atoms with E-state index in [1.807, 2.05) is 0 Å². The summed E-state index contributed by atoms with van der Waals surface area (Å²) in [7, 11) is 0. The zero-order valence-electron chi connectivity index (χ0n) is 3.09. The molecule has 0 aliphatic heterocycles. The van der Waals surface area contributed by atoms with Gasteiger partial charge < -0.3 is 11.6 Å². The van der Waals surface area contributed by atoms with Gasteiger partial charge in [-0.1, -0.05) is 0 Å². The topological polar surface area (TPSA) is 81.5 Å². The first-order valence-corrected chi connectivity index (χ1v) is 1.30. The SMILES string of the molecule is NN=CC(N)=O. The van der Waals surface area contributed by atoms with Gasteiger partial charge in [0.25, 0.3) is 5.91 Å². The average molecular weight is 87.1 g/mol. The van der Waals surface area contributed by atoms with Crippen molar-refractivity contribution in [2.45, 2.75) is 0 Å². The van der Waals surface area contributed by atoms with Crippen molar-refractivity contribution < 1.29 is 4.79 Å². The molecule has 0 aromatic heterocycles. The van der Waals surface area contributed by atoms with Crippen LogP contribution in [-0.4, -0.2) is 12.1 Å². The molecule has 0 fully saturated rings. The largest absolute Gasteiger partial charge is 0.365 e. The molecule has 0 saturated carbocycles. The van der Waals surface area contributed by atoms with Gasteiger partial charge in [0.1, 0.15) is 6.21 Å². The predicted octanol–water partition coefficient (Wildman–Crippen LogP) is -1.58. The fourth-order valence-electron chi connectivity index (χ4n) is 0.0735. The summed E-state index contributed by atoms with van der Waals surface area (Å²) in [6.45, 7) is 0. The molecule has 0 saturated heterocycles. The first-order chi connectivity index (χ1) is 2.77. The lowest BCUT2D eigenvalue weighted by Gasteiger charge is -1.70. The molecule has 0 aromatic rings. The minimum atomic E-state index is -0.627. The minimum absolute atomic E-state index is 0.627. The molecule has 0 spiro atoms. The lowest BCUT2D eigenvalue weighted by atomic mass is 10.7. The van der Waals surface area contributed by atoms with Crippen LogP contribution in [-0.2, 0) is 4.79 Å². The Morgan fingerprint density at radius 1 is 1.83 bits per heavy atom. The second-order valence-corrected chi connectivity index (χ2v) is 0.681. The third-order valence-corrected chi connectivity index (χ3v) is 0.202. The molecule has 0 heterocycles. The summed E-state index contributed by atoms with van der Waals surface area (Å²) in [5.74, 6) is 3.87. The number of carbonyl (C=O) groups is 1. The van der Waals surface area contributed by atoms with Crippen LogP contribution in [0.2, 0.25) is 0 Å². The summed E-state index contributed by atoms with van der Waals surface area (Å²) in [5.41, 5.74) is 4.53. The number of hydrogen-bond donors (Lipinski definition) is 2. The van der Waals surface area contributed by atoms with Gasteiger partial charge in [0, 0.05) is 0 Å². The second kappa shape index (κ2) is 2.19. The normalized spacial score (nSPS) is 9.33. The van der Waals surface area contributed by atoms with E-state index in [0.29, 0.717) is 0 Å². The first-order valence-electron chi connectivity index (χ1n) is 1.30. The van der Waals surface area contributed by atoms with E-state index in [1.165, 1.54) is 0 Å². The maximum Gasteiger partial charge on any atom is 0.261 e. The third-order valence-electron chi connectivity index (χ3n) is 0.202. The third kappa shape index (κ3) is 2.94. The molecule has 4 heteroatoms. The smallest absolute Gasteiger partial charge is 0.261 e. The Hall–Kier alpha value is -1.06. The average Bonchev–Trinajstić information content (AvgIpc) is 1.35. The quantitative estimate of drug-likeness (QED) is 0.230. The molecular formula is C2H5N3O. The molecule has 1 amide bonds. The molecule has 0 unspecified atom stereocenters. The molecule has 6 heavy (non-hydrogen) atoms. The summed E-state index contributed by atoms with van der Waals surface area (Å²) in [5, 5.41) is 2.84. The van der Waals surface area contributed by atoms with Gasteiger partial charge in [-0.15, -0.1) is 0 Å². The number of amides is 1. The standard InChI is InChI=1S/C2H5N3O/c3-2(6)1-5-4/h1H,4H2,(H2,3,6).